The first-order chi connectivity index (χ1) is 12.8. The van der Waals surface area contributed by atoms with Crippen molar-refractivity contribution in [1.29, 1.82) is 0 Å². The number of benzene rings is 1. The zero-order valence-electron chi connectivity index (χ0n) is 15.7. The average Bonchev–Trinajstić information content (AvgIpc) is 3.20. The third-order valence-electron chi connectivity index (χ3n) is 5.40. The lowest BCUT2D eigenvalue weighted by molar-refractivity contribution is -0.141. The molecular formula is C21H25FN2O3. The smallest absolute Gasteiger partial charge is 0.307 e. The van der Waals surface area contributed by atoms with E-state index in [1.165, 1.54) is 12.1 Å². The summed E-state index contributed by atoms with van der Waals surface area (Å²) < 4.78 is 15.1. The maximum atomic E-state index is 13.0. The number of aliphatic carboxylic acids is 1. The van der Waals surface area contributed by atoms with Crippen LogP contribution in [0, 0.1) is 25.6 Å². The van der Waals surface area contributed by atoms with Gasteiger partial charge < -0.3 is 9.67 Å². The molecule has 5 nitrogen and oxygen atoms in total. The summed E-state index contributed by atoms with van der Waals surface area (Å²) >= 11 is 0. The van der Waals surface area contributed by atoms with Crippen LogP contribution in [0.2, 0.25) is 0 Å². The summed E-state index contributed by atoms with van der Waals surface area (Å²) in [4.78, 5) is 25.7. The fourth-order valence-corrected chi connectivity index (χ4v) is 3.79. The van der Waals surface area contributed by atoms with Gasteiger partial charge >= 0.3 is 5.97 Å². The molecule has 1 aliphatic rings. The predicted molar refractivity (Wildman–Crippen MR) is 101 cm³/mol. The number of Topliss-reactive ketones (excluding diaryl/α,β-unsaturated/α-hetero) is 1. The first-order valence-corrected chi connectivity index (χ1v) is 9.24. The quantitative estimate of drug-likeness (QED) is 0.759. The topological polar surface area (TPSA) is 62.5 Å². The van der Waals surface area contributed by atoms with Gasteiger partial charge in [0.1, 0.15) is 5.82 Å². The Bertz CT molecular complexity index is 842. The number of hydrogen-bond acceptors (Lipinski definition) is 3. The Balaban J connectivity index is 1.65. The number of likely N-dealkylation sites (tertiary alicyclic amines) is 1. The molecule has 27 heavy (non-hydrogen) atoms. The number of aromatic nitrogens is 1. The summed E-state index contributed by atoms with van der Waals surface area (Å²) in [6.07, 6.45) is 1.36. The summed E-state index contributed by atoms with van der Waals surface area (Å²) in [6.45, 7) is 5.98. The van der Waals surface area contributed by atoms with Crippen molar-refractivity contribution in [2.75, 3.05) is 19.6 Å². The van der Waals surface area contributed by atoms with E-state index in [2.05, 4.69) is 4.57 Å². The molecule has 1 unspecified atom stereocenters. The molecule has 0 spiro atoms. The van der Waals surface area contributed by atoms with E-state index in [0.717, 1.165) is 29.9 Å². The molecule has 144 valence electrons. The Kier molecular flexibility index (Phi) is 5.75. The number of carbonyl (C=O) groups excluding carboxylic acids is 1. The SMILES string of the molecule is Cc1cc(C(=O)CN2CCC(C(=O)O)C2)c(C)n1CCc1ccc(F)cc1. The Labute approximate surface area is 158 Å². The van der Waals surface area contributed by atoms with Crippen molar-refractivity contribution in [2.45, 2.75) is 33.2 Å². The van der Waals surface area contributed by atoms with Crippen molar-refractivity contribution in [3.8, 4) is 0 Å². The standard InChI is InChI=1S/C21H25FN2O3/c1-14-11-19(20(25)13-23-9-8-17(12-23)21(26)27)15(2)24(14)10-7-16-3-5-18(22)6-4-16/h3-6,11,17H,7-10,12-13H2,1-2H3,(H,26,27). The van der Waals surface area contributed by atoms with E-state index in [9.17, 15) is 14.0 Å². The first-order valence-electron chi connectivity index (χ1n) is 9.24. The molecule has 1 aliphatic heterocycles. The number of carbonyl (C=O) groups is 2. The molecule has 0 bridgehead atoms. The third-order valence-corrected chi connectivity index (χ3v) is 5.40. The fourth-order valence-electron chi connectivity index (χ4n) is 3.79. The van der Waals surface area contributed by atoms with Crippen LogP contribution in [0.1, 0.15) is 33.7 Å². The van der Waals surface area contributed by atoms with Crippen molar-refractivity contribution in [3.63, 3.8) is 0 Å². The highest BCUT2D eigenvalue weighted by molar-refractivity contribution is 5.99. The number of ketones is 1. The van der Waals surface area contributed by atoms with Gasteiger partial charge in [0.2, 0.25) is 0 Å². The Morgan fingerprint density at radius 3 is 2.56 bits per heavy atom. The zero-order valence-corrected chi connectivity index (χ0v) is 15.7. The first kappa shape index (κ1) is 19.3. The summed E-state index contributed by atoms with van der Waals surface area (Å²) in [6, 6.07) is 8.39. The van der Waals surface area contributed by atoms with E-state index in [4.69, 9.17) is 5.11 Å². The van der Waals surface area contributed by atoms with Gasteiger partial charge in [0.15, 0.2) is 5.78 Å². The van der Waals surface area contributed by atoms with E-state index >= 15 is 0 Å². The number of carboxylic acid groups (broad SMARTS) is 1. The molecule has 6 heteroatoms. The van der Waals surface area contributed by atoms with E-state index < -0.39 is 5.97 Å². The van der Waals surface area contributed by atoms with E-state index in [1.807, 2.05) is 24.8 Å². The lowest BCUT2D eigenvalue weighted by Gasteiger charge is -2.14. The molecular weight excluding hydrogens is 347 g/mol. The number of carboxylic acids is 1. The molecule has 2 heterocycles. The number of hydrogen-bond donors (Lipinski definition) is 1. The van der Waals surface area contributed by atoms with Crippen molar-refractivity contribution >= 4 is 11.8 Å². The highest BCUT2D eigenvalue weighted by Crippen LogP contribution is 2.20. The molecule has 3 rings (SSSR count). The monoisotopic (exact) mass is 372 g/mol. The van der Waals surface area contributed by atoms with Gasteiger partial charge in [-0.2, -0.15) is 0 Å². The van der Waals surface area contributed by atoms with E-state index in [0.29, 0.717) is 25.1 Å². The highest BCUT2D eigenvalue weighted by Gasteiger charge is 2.29. The van der Waals surface area contributed by atoms with Crippen LogP contribution in [-0.2, 0) is 17.8 Å². The lowest BCUT2D eigenvalue weighted by atomic mass is 10.1. The van der Waals surface area contributed by atoms with Gasteiger partial charge in [-0.1, -0.05) is 12.1 Å². The van der Waals surface area contributed by atoms with Crippen LogP contribution < -0.4 is 0 Å². The second kappa shape index (κ2) is 8.05. The zero-order chi connectivity index (χ0) is 19.6. The Morgan fingerprint density at radius 2 is 1.93 bits per heavy atom. The molecule has 1 atom stereocenters. The second-order valence-corrected chi connectivity index (χ2v) is 7.30. The van der Waals surface area contributed by atoms with Crippen LogP contribution in [0.25, 0.3) is 0 Å². The molecule has 0 radical (unpaired) electrons. The third kappa shape index (κ3) is 4.45. The normalized spacial score (nSPS) is 17.4. The molecule has 0 aliphatic carbocycles. The fraction of sp³-hybridized carbons (Fsp3) is 0.429. The second-order valence-electron chi connectivity index (χ2n) is 7.30. The lowest BCUT2D eigenvalue weighted by Crippen LogP contribution is -2.29. The van der Waals surface area contributed by atoms with Gasteiger partial charge in [-0.25, -0.2) is 4.39 Å². The molecule has 0 saturated carbocycles. The largest absolute Gasteiger partial charge is 0.481 e. The van der Waals surface area contributed by atoms with Crippen LogP contribution in [-0.4, -0.2) is 46.0 Å². The van der Waals surface area contributed by atoms with Crippen LogP contribution in [0.15, 0.2) is 30.3 Å². The molecule has 1 aromatic carbocycles. The van der Waals surface area contributed by atoms with Crippen LogP contribution >= 0.6 is 0 Å². The van der Waals surface area contributed by atoms with Gasteiger partial charge in [0.25, 0.3) is 0 Å². The Hall–Kier alpha value is -2.47. The number of aryl methyl sites for hydroxylation is 2. The molecule has 0 amide bonds. The predicted octanol–water partition coefficient (Wildman–Crippen LogP) is 3.08. The minimum Gasteiger partial charge on any atom is -0.481 e. The van der Waals surface area contributed by atoms with Crippen LogP contribution in [0.4, 0.5) is 4.39 Å². The maximum absolute atomic E-state index is 13.0. The number of nitrogens with zero attached hydrogens (tertiary/aromatic N) is 2. The molecule has 2 aromatic rings. The summed E-state index contributed by atoms with van der Waals surface area (Å²) in [5.74, 6) is -1.38. The summed E-state index contributed by atoms with van der Waals surface area (Å²) in [7, 11) is 0. The van der Waals surface area contributed by atoms with Gasteiger partial charge in [-0.15, -0.1) is 0 Å². The minimum absolute atomic E-state index is 0.0298. The average molecular weight is 372 g/mol. The van der Waals surface area contributed by atoms with Gasteiger partial charge in [0, 0.05) is 30.0 Å². The minimum atomic E-state index is -0.788. The maximum Gasteiger partial charge on any atom is 0.307 e. The number of rotatable bonds is 7. The highest BCUT2D eigenvalue weighted by atomic mass is 19.1. The van der Waals surface area contributed by atoms with E-state index in [1.54, 1.807) is 12.1 Å². The summed E-state index contributed by atoms with van der Waals surface area (Å²) in [5, 5.41) is 9.10. The van der Waals surface area contributed by atoms with Crippen LogP contribution in [0.3, 0.4) is 0 Å². The molecule has 1 fully saturated rings. The van der Waals surface area contributed by atoms with Gasteiger partial charge in [0.05, 0.1) is 12.5 Å². The van der Waals surface area contributed by atoms with Crippen molar-refractivity contribution in [1.82, 2.24) is 9.47 Å². The van der Waals surface area contributed by atoms with Gasteiger partial charge in [-0.05, 0) is 57.0 Å². The van der Waals surface area contributed by atoms with Crippen LogP contribution in [0.5, 0.6) is 0 Å². The van der Waals surface area contributed by atoms with E-state index in [-0.39, 0.29) is 24.1 Å². The Morgan fingerprint density at radius 1 is 1.22 bits per heavy atom. The van der Waals surface area contributed by atoms with Crippen molar-refractivity contribution in [2.24, 2.45) is 5.92 Å². The summed E-state index contributed by atoms with van der Waals surface area (Å²) in [5.41, 5.74) is 3.69. The molecule has 1 saturated heterocycles. The van der Waals surface area contributed by atoms with Gasteiger partial charge in [-0.3, -0.25) is 14.5 Å². The van der Waals surface area contributed by atoms with Crippen molar-refractivity contribution < 1.29 is 19.1 Å². The number of halogens is 1. The molecule has 1 aromatic heterocycles. The van der Waals surface area contributed by atoms with Crippen molar-refractivity contribution in [3.05, 3.63) is 58.7 Å². The molecule has 1 N–H and O–H groups in total.